The van der Waals surface area contributed by atoms with Crippen molar-refractivity contribution >= 4 is 28.6 Å². The summed E-state index contributed by atoms with van der Waals surface area (Å²) in [7, 11) is 0. The molecule has 2 heterocycles. The van der Waals surface area contributed by atoms with E-state index in [1.54, 1.807) is 31.2 Å². The molecule has 0 spiro atoms. The van der Waals surface area contributed by atoms with Gasteiger partial charge in [-0.3, -0.25) is 18.8 Å². The lowest BCUT2D eigenvalue weighted by atomic mass is 10.1. The third kappa shape index (κ3) is 4.98. The third-order valence-corrected chi connectivity index (χ3v) is 5.03. The quantitative estimate of drug-likeness (QED) is 0.438. The molecule has 0 saturated heterocycles. The average molecular weight is 445 g/mol. The molecule has 0 atom stereocenters. The van der Waals surface area contributed by atoms with E-state index in [0.29, 0.717) is 17.6 Å². The highest BCUT2D eigenvalue weighted by Crippen LogP contribution is 2.16. The summed E-state index contributed by atoms with van der Waals surface area (Å²) in [6.07, 6.45) is 2.96. The van der Waals surface area contributed by atoms with Gasteiger partial charge in [0.15, 0.2) is 5.65 Å². The largest absolute Gasteiger partial charge is 0.462 e. The van der Waals surface area contributed by atoms with Gasteiger partial charge in [-0.25, -0.2) is 9.78 Å². The molecule has 9 heteroatoms. The number of benzene rings is 2. The molecular formula is C24H23N5O4. The van der Waals surface area contributed by atoms with Gasteiger partial charge in [-0.05, 0) is 31.5 Å². The summed E-state index contributed by atoms with van der Waals surface area (Å²) in [6.45, 7) is 4.19. The molecule has 0 aliphatic rings. The predicted octanol–water partition coefficient (Wildman–Crippen LogP) is 2.77. The number of amides is 1. The Hall–Kier alpha value is -4.27. The van der Waals surface area contributed by atoms with Gasteiger partial charge in [0.25, 0.3) is 5.56 Å². The van der Waals surface area contributed by atoms with Crippen molar-refractivity contribution < 1.29 is 14.3 Å². The highest BCUT2D eigenvalue weighted by molar-refractivity contribution is 6.01. The molecular weight excluding hydrogens is 422 g/mol. The molecule has 0 aliphatic carbocycles. The molecule has 0 unspecified atom stereocenters. The normalized spacial score (nSPS) is 10.8. The molecule has 168 valence electrons. The molecule has 0 saturated carbocycles. The lowest BCUT2D eigenvalue weighted by Crippen LogP contribution is -2.21. The Balaban J connectivity index is 1.51. The van der Waals surface area contributed by atoms with E-state index in [-0.39, 0.29) is 29.9 Å². The molecule has 2 aromatic heterocycles. The molecule has 0 radical (unpaired) electrons. The first-order valence-corrected chi connectivity index (χ1v) is 10.5. The molecule has 4 rings (SSSR count). The van der Waals surface area contributed by atoms with Crippen LogP contribution in [0, 0.1) is 6.92 Å². The number of para-hydroxylation sites is 1. The van der Waals surface area contributed by atoms with Crippen LogP contribution < -0.4 is 10.9 Å². The smallest absolute Gasteiger partial charge is 0.340 e. The van der Waals surface area contributed by atoms with Crippen molar-refractivity contribution in [1.82, 2.24) is 19.3 Å². The Bertz CT molecular complexity index is 1370. The number of aryl methyl sites for hydroxylation is 1. The lowest BCUT2D eigenvalue weighted by Gasteiger charge is -2.10. The van der Waals surface area contributed by atoms with Gasteiger partial charge in [0.05, 0.1) is 24.4 Å². The van der Waals surface area contributed by atoms with Gasteiger partial charge in [-0.1, -0.05) is 42.0 Å². The number of aromatic nitrogens is 4. The first-order valence-electron chi connectivity index (χ1n) is 10.5. The van der Waals surface area contributed by atoms with Crippen LogP contribution in [0.3, 0.4) is 0 Å². The average Bonchev–Trinajstić information content (AvgIpc) is 3.21. The molecule has 33 heavy (non-hydrogen) atoms. The Labute approximate surface area is 189 Å². The molecule has 0 bridgehead atoms. The zero-order chi connectivity index (χ0) is 23.4. The molecule has 2 aromatic carbocycles. The first kappa shape index (κ1) is 21.9. The van der Waals surface area contributed by atoms with E-state index in [2.05, 4.69) is 15.4 Å². The number of anilines is 1. The van der Waals surface area contributed by atoms with Crippen LogP contribution in [0.15, 0.2) is 65.8 Å². The number of carbonyl (C=O) groups is 2. The molecule has 1 N–H and O–H groups in total. The second-order valence-electron chi connectivity index (χ2n) is 7.54. The van der Waals surface area contributed by atoms with Crippen molar-refractivity contribution in [2.45, 2.75) is 26.9 Å². The van der Waals surface area contributed by atoms with E-state index in [9.17, 15) is 14.4 Å². The van der Waals surface area contributed by atoms with E-state index in [1.807, 2.05) is 31.2 Å². The summed E-state index contributed by atoms with van der Waals surface area (Å²) in [6, 6.07) is 14.5. The number of rotatable bonds is 7. The van der Waals surface area contributed by atoms with Crippen LogP contribution in [-0.2, 0) is 22.6 Å². The fourth-order valence-corrected chi connectivity index (χ4v) is 3.39. The standard InChI is InChI=1S/C24H23N5O4/c1-3-33-24(32)18-6-4-5-7-20(18)26-21(30)14-29-13-19-22(27-29)25-15-28(23(19)31)12-17-10-8-16(2)9-11-17/h4-11,13,15H,3,12,14H2,1-2H3,(H,26,30). The predicted molar refractivity (Wildman–Crippen MR) is 123 cm³/mol. The van der Waals surface area contributed by atoms with Crippen LogP contribution >= 0.6 is 0 Å². The second kappa shape index (κ2) is 9.47. The SMILES string of the molecule is CCOC(=O)c1ccccc1NC(=O)Cn1cc2c(=O)n(Cc3ccc(C)cc3)cnc2n1. The van der Waals surface area contributed by atoms with Gasteiger partial charge in [0.1, 0.15) is 18.3 Å². The van der Waals surface area contributed by atoms with Gasteiger partial charge >= 0.3 is 5.97 Å². The summed E-state index contributed by atoms with van der Waals surface area (Å²) in [5, 5.41) is 7.27. The van der Waals surface area contributed by atoms with Crippen LogP contribution in [-0.4, -0.2) is 37.8 Å². The summed E-state index contributed by atoms with van der Waals surface area (Å²) >= 11 is 0. The zero-order valence-corrected chi connectivity index (χ0v) is 18.3. The van der Waals surface area contributed by atoms with E-state index >= 15 is 0 Å². The number of hydrogen-bond donors (Lipinski definition) is 1. The highest BCUT2D eigenvalue weighted by atomic mass is 16.5. The van der Waals surface area contributed by atoms with Gasteiger partial charge in [0, 0.05) is 6.20 Å². The third-order valence-electron chi connectivity index (χ3n) is 5.03. The molecule has 9 nitrogen and oxygen atoms in total. The Kier molecular flexibility index (Phi) is 6.30. The minimum atomic E-state index is -0.517. The number of fused-ring (bicyclic) bond motifs is 1. The maximum absolute atomic E-state index is 12.9. The number of carbonyl (C=O) groups excluding carboxylic acids is 2. The van der Waals surface area contributed by atoms with Crippen molar-refractivity contribution in [2.75, 3.05) is 11.9 Å². The van der Waals surface area contributed by atoms with Crippen molar-refractivity contribution in [3.63, 3.8) is 0 Å². The number of esters is 1. The van der Waals surface area contributed by atoms with Crippen LogP contribution in [0.5, 0.6) is 0 Å². The number of nitrogens with zero attached hydrogens (tertiary/aromatic N) is 4. The maximum Gasteiger partial charge on any atom is 0.340 e. The number of hydrogen-bond acceptors (Lipinski definition) is 6. The van der Waals surface area contributed by atoms with E-state index < -0.39 is 11.9 Å². The lowest BCUT2D eigenvalue weighted by molar-refractivity contribution is -0.116. The zero-order valence-electron chi connectivity index (χ0n) is 18.3. The van der Waals surface area contributed by atoms with Crippen LogP contribution in [0.4, 0.5) is 5.69 Å². The van der Waals surface area contributed by atoms with Gasteiger partial charge in [-0.15, -0.1) is 0 Å². The monoisotopic (exact) mass is 445 g/mol. The summed E-state index contributed by atoms with van der Waals surface area (Å²) in [5.41, 5.74) is 2.76. The van der Waals surface area contributed by atoms with Crippen molar-refractivity contribution in [3.05, 3.63) is 88.1 Å². The summed E-state index contributed by atoms with van der Waals surface area (Å²) < 4.78 is 7.90. The highest BCUT2D eigenvalue weighted by Gasteiger charge is 2.15. The van der Waals surface area contributed by atoms with Gasteiger partial charge in [0.2, 0.25) is 5.91 Å². The Morgan fingerprint density at radius 2 is 1.85 bits per heavy atom. The van der Waals surface area contributed by atoms with E-state index in [4.69, 9.17) is 4.74 Å². The van der Waals surface area contributed by atoms with Crippen LogP contribution in [0.1, 0.15) is 28.4 Å². The van der Waals surface area contributed by atoms with Gasteiger partial charge in [-0.2, -0.15) is 5.10 Å². The minimum Gasteiger partial charge on any atom is -0.462 e. The Morgan fingerprint density at radius 3 is 2.61 bits per heavy atom. The molecule has 0 aliphatic heterocycles. The van der Waals surface area contributed by atoms with Crippen molar-refractivity contribution in [3.8, 4) is 0 Å². The maximum atomic E-state index is 12.9. The van der Waals surface area contributed by atoms with E-state index in [0.717, 1.165) is 11.1 Å². The molecule has 0 fully saturated rings. The van der Waals surface area contributed by atoms with Crippen LogP contribution in [0.25, 0.3) is 11.0 Å². The second-order valence-corrected chi connectivity index (χ2v) is 7.54. The van der Waals surface area contributed by atoms with Crippen molar-refractivity contribution in [1.29, 1.82) is 0 Å². The molecule has 4 aromatic rings. The number of ether oxygens (including phenoxy) is 1. The fourth-order valence-electron chi connectivity index (χ4n) is 3.39. The van der Waals surface area contributed by atoms with Crippen LogP contribution in [0.2, 0.25) is 0 Å². The number of nitrogens with one attached hydrogen (secondary N) is 1. The fraction of sp³-hybridized carbons (Fsp3) is 0.208. The summed E-state index contributed by atoms with van der Waals surface area (Å²) in [5.74, 6) is -0.920. The van der Waals surface area contributed by atoms with E-state index in [1.165, 1.54) is 21.8 Å². The Morgan fingerprint density at radius 1 is 1.09 bits per heavy atom. The van der Waals surface area contributed by atoms with Gasteiger partial charge < -0.3 is 10.1 Å². The molecule has 1 amide bonds. The summed E-state index contributed by atoms with van der Waals surface area (Å²) in [4.78, 5) is 41.8. The van der Waals surface area contributed by atoms with Crippen molar-refractivity contribution in [2.24, 2.45) is 0 Å². The minimum absolute atomic E-state index is 0.148. The topological polar surface area (TPSA) is 108 Å². The first-order chi connectivity index (χ1) is 15.9.